The second-order valence-corrected chi connectivity index (χ2v) is 6.73. The molecule has 1 aliphatic rings. The van der Waals surface area contributed by atoms with Gasteiger partial charge in [-0.25, -0.2) is 0 Å². The summed E-state index contributed by atoms with van der Waals surface area (Å²) in [7, 11) is -3.29. The lowest BCUT2D eigenvalue weighted by Crippen LogP contribution is -2.43. The van der Waals surface area contributed by atoms with Crippen molar-refractivity contribution in [1.29, 1.82) is 0 Å². The van der Waals surface area contributed by atoms with E-state index in [1.165, 1.54) is 0 Å². The highest BCUT2D eigenvalue weighted by atomic mass is 31.2. The molecular formula is C10H21NO4P. The number of rotatable bonds is 5. The molecule has 0 aliphatic carbocycles. The Morgan fingerprint density at radius 2 is 1.88 bits per heavy atom. The standard InChI is InChI=1S/C10H21NO4P/c1-5-14-16(13,15-6-2)9-7-8-10(3,4)11(9)12/h9H,5-8H2,1-4H3. The third-order valence-corrected chi connectivity index (χ3v) is 5.30. The Balaban J connectivity index is 2.85. The summed E-state index contributed by atoms with van der Waals surface area (Å²) in [5, 5.41) is 12.9. The lowest BCUT2D eigenvalue weighted by atomic mass is 10.0. The molecule has 1 fully saturated rings. The van der Waals surface area contributed by atoms with Gasteiger partial charge in [0, 0.05) is 12.8 Å². The van der Waals surface area contributed by atoms with Gasteiger partial charge in [0.15, 0.2) is 0 Å². The third kappa shape index (κ3) is 2.66. The maximum absolute atomic E-state index is 12.4. The molecule has 6 heteroatoms. The van der Waals surface area contributed by atoms with Gasteiger partial charge < -0.3 is 14.3 Å². The topological polar surface area (TPSA) is 64.5 Å². The van der Waals surface area contributed by atoms with E-state index in [1.807, 2.05) is 13.8 Å². The Hall–Kier alpha value is 0.0700. The summed E-state index contributed by atoms with van der Waals surface area (Å²) in [6.45, 7) is 7.79. The van der Waals surface area contributed by atoms with Crippen molar-refractivity contribution in [2.75, 3.05) is 13.2 Å². The van der Waals surface area contributed by atoms with Crippen LogP contribution in [0.1, 0.15) is 40.5 Å². The second-order valence-electron chi connectivity index (χ2n) is 4.53. The molecule has 1 saturated heterocycles. The van der Waals surface area contributed by atoms with Crippen LogP contribution in [0.15, 0.2) is 0 Å². The molecule has 0 amide bonds. The van der Waals surface area contributed by atoms with Gasteiger partial charge in [0.2, 0.25) is 5.78 Å². The number of nitrogens with zero attached hydrogens (tertiary/aromatic N) is 1. The molecule has 0 bridgehead atoms. The molecule has 0 aromatic rings. The lowest BCUT2D eigenvalue weighted by molar-refractivity contribution is 0.198. The molecule has 1 heterocycles. The zero-order valence-corrected chi connectivity index (χ0v) is 11.3. The van der Waals surface area contributed by atoms with E-state index >= 15 is 0 Å². The first-order valence-corrected chi connectivity index (χ1v) is 7.34. The fourth-order valence-electron chi connectivity index (χ4n) is 1.97. The lowest BCUT2D eigenvalue weighted by Gasteiger charge is -2.30. The highest BCUT2D eigenvalue weighted by molar-refractivity contribution is 7.54. The second kappa shape index (κ2) is 5.15. The average Bonchev–Trinajstić information content (AvgIpc) is 2.43. The van der Waals surface area contributed by atoms with Crippen molar-refractivity contribution >= 4 is 7.60 Å². The molecule has 5 nitrogen and oxygen atoms in total. The average molecular weight is 250 g/mol. The van der Waals surface area contributed by atoms with Gasteiger partial charge in [-0.05, 0) is 27.7 Å². The third-order valence-electron chi connectivity index (χ3n) is 2.86. The van der Waals surface area contributed by atoms with Gasteiger partial charge in [-0.15, -0.1) is 0 Å². The number of hydroxylamine groups is 2. The van der Waals surface area contributed by atoms with Crippen molar-refractivity contribution < 1.29 is 13.6 Å². The SMILES string of the molecule is CCOP(=O)(OCC)C1CCC(C)(C)[N+]1[O-]. The van der Waals surface area contributed by atoms with Crippen LogP contribution in [0.4, 0.5) is 0 Å². The maximum atomic E-state index is 12.4. The van der Waals surface area contributed by atoms with Crippen LogP contribution in [0, 0.1) is 5.21 Å². The molecule has 16 heavy (non-hydrogen) atoms. The van der Waals surface area contributed by atoms with Crippen LogP contribution in [-0.2, 0) is 13.6 Å². The molecular weight excluding hydrogens is 229 g/mol. The van der Waals surface area contributed by atoms with Crippen molar-refractivity contribution in [3.8, 4) is 0 Å². The quantitative estimate of drug-likeness (QED) is 0.427. The van der Waals surface area contributed by atoms with Crippen molar-refractivity contribution in [3.05, 3.63) is 5.21 Å². The predicted molar refractivity (Wildman–Crippen MR) is 63.5 cm³/mol. The first kappa shape index (κ1) is 14.1. The first-order chi connectivity index (χ1) is 7.37. The van der Waals surface area contributed by atoms with E-state index in [-0.39, 0.29) is 0 Å². The van der Waals surface area contributed by atoms with E-state index in [0.29, 0.717) is 26.1 Å². The van der Waals surface area contributed by atoms with E-state index < -0.39 is 18.9 Å². The normalized spacial score (nSPS) is 26.2. The van der Waals surface area contributed by atoms with Gasteiger partial charge >= 0.3 is 7.60 Å². The van der Waals surface area contributed by atoms with Gasteiger partial charge in [-0.3, -0.25) is 4.57 Å². The van der Waals surface area contributed by atoms with E-state index in [2.05, 4.69) is 0 Å². The highest BCUT2D eigenvalue weighted by Gasteiger charge is 2.54. The van der Waals surface area contributed by atoms with Crippen LogP contribution >= 0.6 is 7.60 Å². The van der Waals surface area contributed by atoms with E-state index in [9.17, 15) is 9.77 Å². The predicted octanol–water partition coefficient (Wildman–Crippen LogP) is 2.79. The smallest absolute Gasteiger partial charge is 0.392 e. The van der Waals surface area contributed by atoms with Crippen LogP contribution in [0.2, 0.25) is 0 Å². The molecule has 95 valence electrons. The van der Waals surface area contributed by atoms with Gasteiger partial charge in [-0.1, -0.05) is 0 Å². The summed E-state index contributed by atoms with van der Waals surface area (Å²) >= 11 is 0. The summed E-state index contributed by atoms with van der Waals surface area (Å²) in [6, 6.07) is 0. The Bertz CT molecular complexity index is 272. The van der Waals surface area contributed by atoms with Gasteiger partial charge in [0.25, 0.3) is 0 Å². The summed E-state index contributed by atoms with van der Waals surface area (Å²) < 4.78 is 22.8. The molecule has 1 aliphatic heterocycles. The van der Waals surface area contributed by atoms with Crippen LogP contribution in [0.25, 0.3) is 0 Å². The molecule has 1 rings (SSSR count). The van der Waals surface area contributed by atoms with Crippen molar-refractivity contribution in [1.82, 2.24) is 5.06 Å². The van der Waals surface area contributed by atoms with Gasteiger partial charge in [0.05, 0.1) is 13.2 Å². The maximum Gasteiger partial charge on any atom is 0.392 e. The molecule has 0 aromatic carbocycles. The Labute approximate surface area is 97.2 Å². The Morgan fingerprint density at radius 1 is 1.38 bits per heavy atom. The van der Waals surface area contributed by atoms with Crippen LogP contribution < -0.4 is 5.06 Å². The molecule has 1 atom stereocenters. The van der Waals surface area contributed by atoms with E-state index in [4.69, 9.17) is 9.05 Å². The van der Waals surface area contributed by atoms with Gasteiger partial charge in [0.1, 0.15) is 5.54 Å². The summed E-state index contributed by atoms with van der Waals surface area (Å²) in [6.07, 6.45) is 1.28. The van der Waals surface area contributed by atoms with Crippen molar-refractivity contribution in [2.45, 2.75) is 51.9 Å². The molecule has 0 spiro atoms. The molecule has 0 N–H and O–H groups in total. The molecule has 1 radical (unpaired) electrons. The Kier molecular flexibility index (Phi) is 4.55. The van der Waals surface area contributed by atoms with Crippen LogP contribution in [-0.4, -0.2) is 24.5 Å². The number of hydrogen-bond donors (Lipinski definition) is 0. The highest BCUT2D eigenvalue weighted by Crippen LogP contribution is 2.58. The summed E-state index contributed by atoms with van der Waals surface area (Å²) in [5.74, 6) is -0.651. The van der Waals surface area contributed by atoms with Crippen molar-refractivity contribution in [2.24, 2.45) is 0 Å². The van der Waals surface area contributed by atoms with Crippen LogP contribution in [0.5, 0.6) is 0 Å². The minimum atomic E-state index is -3.29. The molecule has 0 saturated carbocycles. The summed E-state index contributed by atoms with van der Waals surface area (Å²) in [4.78, 5) is 0. The zero-order valence-electron chi connectivity index (χ0n) is 10.4. The first-order valence-electron chi connectivity index (χ1n) is 5.72. The fourth-order valence-corrected chi connectivity index (χ4v) is 4.12. The van der Waals surface area contributed by atoms with Gasteiger partial charge in [-0.2, -0.15) is 5.06 Å². The monoisotopic (exact) mass is 250 g/mol. The fraction of sp³-hybridized carbons (Fsp3) is 1.00. The van der Waals surface area contributed by atoms with Crippen molar-refractivity contribution in [3.63, 3.8) is 0 Å². The molecule has 1 unspecified atom stereocenters. The van der Waals surface area contributed by atoms with E-state index in [1.54, 1.807) is 13.8 Å². The minimum Gasteiger partial charge on any atom is -0.581 e. The largest absolute Gasteiger partial charge is 0.581 e. The van der Waals surface area contributed by atoms with E-state index in [0.717, 1.165) is 5.06 Å². The number of hydrogen-bond acceptors (Lipinski definition) is 5. The van der Waals surface area contributed by atoms with Crippen LogP contribution in [0.3, 0.4) is 0 Å². The zero-order chi connectivity index (χ0) is 12.4. The Morgan fingerprint density at radius 3 is 2.19 bits per heavy atom. The minimum absolute atomic E-state index is 0.294. The summed E-state index contributed by atoms with van der Waals surface area (Å²) in [5.41, 5.74) is -0.478. The molecule has 0 aromatic heterocycles.